The molecule has 1 aliphatic heterocycles. The van der Waals surface area contributed by atoms with Crippen LogP contribution in [0.1, 0.15) is 19.3 Å². The molecule has 22 heavy (non-hydrogen) atoms. The third kappa shape index (κ3) is 3.20. The van der Waals surface area contributed by atoms with Crippen LogP contribution in [0.5, 0.6) is 6.01 Å². The lowest BCUT2D eigenvalue weighted by atomic mass is 10.0. The van der Waals surface area contributed by atoms with Gasteiger partial charge in [-0.2, -0.15) is 0 Å². The molecule has 2 heterocycles. The third-order valence-electron chi connectivity index (χ3n) is 4.33. The van der Waals surface area contributed by atoms with E-state index in [4.69, 9.17) is 14.6 Å². The number of aromatic nitrogens is 2. The van der Waals surface area contributed by atoms with E-state index < -0.39 is 0 Å². The number of hydrogen-bond acceptors (Lipinski definition) is 6. The topological polar surface area (TPSA) is 84.8 Å². The SMILES string of the molecule is O=C(CCO)N1CCOC2C(COc3ncccn3)CCC21. The first kappa shape index (κ1) is 15.2. The number of fused-ring (bicyclic) bond motifs is 1. The molecule has 2 fully saturated rings. The van der Waals surface area contributed by atoms with Crippen molar-refractivity contribution in [1.82, 2.24) is 14.9 Å². The molecule has 1 aromatic rings. The fraction of sp³-hybridized carbons (Fsp3) is 0.667. The molecule has 3 unspecified atom stereocenters. The number of ether oxygens (including phenoxy) is 2. The van der Waals surface area contributed by atoms with Crippen molar-refractivity contribution in [3.63, 3.8) is 0 Å². The quantitative estimate of drug-likeness (QED) is 0.839. The van der Waals surface area contributed by atoms with Gasteiger partial charge in [0.2, 0.25) is 5.91 Å². The largest absolute Gasteiger partial charge is 0.463 e. The molecule has 1 aromatic heterocycles. The van der Waals surface area contributed by atoms with E-state index in [0.29, 0.717) is 25.8 Å². The molecule has 3 rings (SSSR count). The molecule has 7 nitrogen and oxygen atoms in total. The summed E-state index contributed by atoms with van der Waals surface area (Å²) in [5.41, 5.74) is 0. The molecule has 2 aliphatic rings. The van der Waals surface area contributed by atoms with Crippen molar-refractivity contribution in [2.45, 2.75) is 31.4 Å². The molecule has 120 valence electrons. The fourth-order valence-electron chi connectivity index (χ4n) is 3.33. The molecule has 0 spiro atoms. The minimum Gasteiger partial charge on any atom is -0.463 e. The Morgan fingerprint density at radius 2 is 2.23 bits per heavy atom. The van der Waals surface area contributed by atoms with Crippen LogP contribution in [-0.4, -0.2) is 64.4 Å². The van der Waals surface area contributed by atoms with Crippen LogP contribution >= 0.6 is 0 Å². The maximum atomic E-state index is 12.1. The predicted octanol–water partition coefficient (Wildman–Crippen LogP) is 0.244. The maximum Gasteiger partial charge on any atom is 0.316 e. The Balaban J connectivity index is 1.59. The smallest absolute Gasteiger partial charge is 0.316 e. The van der Waals surface area contributed by atoms with Gasteiger partial charge < -0.3 is 19.5 Å². The molecule has 0 radical (unpaired) electrons. The van der Waals surface area contributed by atoms with Crippen LogP contribution in [0.2, 0.25) is 0 Å². The fourth-order valence-corrected chi connectivity index (χ4v) is 3.33. The lowest BCUT2D eigenvalue weighted by molar-refractivity contribution is -0.147. The molecule has 0 aromatic carbocycles. The molecule has 3 atom stereocenters. The van der Waals surface area contributed by atoms with Crippen molar-refractivity contribution >= 4 is 5.91 Å². The summed E-state index contributed by atoms with van der Waals surface area (Å²) in [6.45, 7) is 1.53. The zero-order valence-corrected chi connectivity index (χ0v) is 12.4. The third-order valence-corrected chi connectivity index (χ3v) is 4.33. The molecule has 1 amide bonds. The molecular weight excluding hydrogens is 286 g/mol. The maximum absolute atomic E-state index is 12.1. The Morgan fingerprint density at radius 1 is 1.41 bits per heavy atom. The molecule has 1 saturated heterocycles. The number of hydrogen-bond donors (Lipinski definition) is 1. The van der Waals surface area contributed by atoms with Crippen LogP contribution in [0.3, 0.4) is 0 Å². The van der Waals surface area contributed by atoms with Crippen LogP contribution in [0, 0.1) is 5.92 Å². The number of amides is 1. The van der Waals surface area contributed by atoms with Crippen molar-refractivity contribution in [3.05, 3.63) is 18.5 Å². The van der Waals surface area contributed by atoms with E-state index in [1.807, 2.05) is 4.90 Å². The number of carbonyl (C=O) groups is 1. The van der Waals surface area contributed by atoms with Crippen molar-refractivity contribution < 1.29 is 19.4 Å². The second kappa shape index (κ2) is 7.02. The summed E-state index contributed by atoms with van der Waals surface area (Å²) in [6.07, 6.45) is 5.33. The summed E-state index contributed by atoms with van der Waals surface area (Å²) >= 11 is 0. The van der Waals surface area contributed by atoms with Crippen LogP contribution in [0.15, 0.2) is 18.5 Å². The van der Waals surface area contributed by atoms with Gasteiger partial charge in [0.1, 0.15) is 0 Å². The number of carbonyl (C=O) groups excluding carboxylic acids is 1. The van der Waals surface area contributed by atoms with Gasteiger partial charge in [-0.15, -0.1) is 0 Å². The number of aliphatic hydroxyl groups excluding tert-OH is 1. The molecule has 1 saturated carbocycles. The molecule has 0 bridgehead atoms. The van der Waals surface area contributed by atoms with Gasteiger partial charge in [0, 0.05) is 31.3 Å². The minimum absolute atomic E-state index is 0.0000973. The monoisotopic (exact) mass is 307 g/mol. The van der Waals surface area contributed by atoms with Gasteiger partial charge in [0.25, 0.3) is 0 Å². The summed E-state index contributed by atoms with van der Waals surface area (Å²) in [5.74, 6) is 0.243. The summed E-state index contributed by atoms with van der Waals surface area (Å²) in [5, 5.41) is 8.96. The van der Waals surface area contributed by atoms with Crippen molar-refractivity contribution in [3.8, 4) is 6.01 Å². The Labute approximate surface area is 129 Å². The second-order valence-electron chi connectivity index (χ2n) is 5.64. The average molecular weight is 307 g/mol. The second-order valence-corrected chi connectivity index (χ2v) is 5.64. The summed E-state index contributed by atoms with van der Waals surface area (Å²) in [4.78, 5) is 22.0. The van der Waals surface area contributed by atoms with Crippen molar-refractivity contribution in [2.24, 2.45) is 5.92 Å². The number of aliphatic hydroxyl groups is 1. The summed E-state index contributed by atoms with van der Waals surface area (Å²) < 4.78 is 11.5. The van der Waals surface area contributed by atoms with Gasteiger partial charge >= 0.3 is 6.01 Å². The highest BCUT2D eigenvalue weighted by Gasteiger charge is 2.44. The Hall–Kier alpha value is -1.73. The molecule has 1 aliphatic carbocycles. The predicted molar refractivity (Wildman–Crippen MR) is 77.2 cm³/mol. The first-order valence-electron chi connectivity index (χ1n) is 7.71. The molecular formula is C15H21N3O4. The van der Waals surface area contributed by atoms with E-state index in [0.717, 1.165) is 12.8 Å². The average Bonchev–Trinajstić information content (AvgIpc) is 2.97. The zero-order chi connectivity index (χ0) is 15.4. The van der Waals surface area contributed by atoms with Crippen LogP contribution in [0.4, 0.5) is 0 Å². The summed E-state index contributed by atoms with van der Waals surface area (Å²) in [6, 6.07) is 2.21. The van der Waals surface area contributed by atoms with E-state index in [-0.39, 0.29) is 37.0 Å². The lowest BCUT2D eigenvalue weighted by Crippen LogP contribution is -2.53. The van der Waals surface area contributed by atoms with E-state index in [1.54, 1.807) is 18.5 Å². The van der Waals surface area contributed by atoms with Crippen molar-refractivity contribution in [1.29, 1.82) is 0 Å². The number of rotatable bonds is 5. The lowest BCUT2D eigenvalue weighted by Gasteiger charge is -2.39. The highest BCUT2D eigenvalue weighted by molar-refractivity contribution is 5.76. The Morgan fingerprint density at radius 3 is 3.00 bits per heavy atom. The van der Waals surface area contributed by atoms with Gasteiger partial charge in [-0.3, -0.25) is 4.79 Å². The van der Waals surface area contributed by atoms with Gasteiger partial charge in [-0.25, -0.2) is 9.97 Å². The highest BCUT2D eigenvalue weighted by atomic mass is 16.5. The molecule has 7 heteroatoms. The Bertz CT molecular complexity index is 499. The normalized spacial score (nSPS) is 27.5. The highest BCUT2D eigenvalue weighted by Crippen LogP contribution is 2.35. The molecule has 1 N–H and O–H groups in total. The van der Waals surface area contributed by atoms with Gasteiger partial charge in [-0.05, 0) is 18.9 Å². The minimum atomic E-state index is -0.106. The number of morpholine rings is 1. The van der Waals surface area contributed by atoms with Crippen LogP contribution in [0.25, 0.3) is 0 Å². The van der Waals surface area contributed by atoms with E-state index in [1.165, 1.54) is 0 Å². The van der Waals surface area contributed by atoms with E-state index in [9.17, 15) is 4.79 Å². The van der Waals surface area contributed by atoms with E-state index >= 15 is 0 Å². The van der Waals surface area contributed by atoms with Gasteiger partial charge in [0.15, 0.2) is 0 Å². The number of nitrogens with zero attached hydrogens (tertiary/aromatic N) is 3. The van der Waals surface area contributed by atoms with Gasteiger partial charge in [0.05, 0.1) is 32.0 Å². The van der Waals surface area contributed by atoms with Crippen LogP contribution < -0.4 is 4.74 Å². The first-order chi connectivity index (χ1) is 10.8. The first-order valence-corrected chi connectivity index (χ1v) is 7.71. The van der Waals surface area contributed by atoms with Crippen molar-refractivity contribution in [2.75, 3.05) is 26.4 Å². The van der Waals surface area contributed by atoms with Crippen LogP contribution in [-0.2, 0) is 9.53 Å². The zero-order valence-electron chi connectivity index (χ0n) is 12.4. The standard InChI is InChI=1S/C15H21N3O4/c19-8-4-13(20)18-7-9-21-14-11(2-3-12(14)18)10-22-15-16-5-1-6-17-15/h1,5-6,11-12,14,19H,2-4,7-10H2. The summed E-state index contributed by atoms with van der Waals surface area (Å²) in [7, 11) is 0. The van der Waals surface area contributed by atoms with Gasteiger partial charge in [-0.1, -0.05) is 0 Å². The Kier molecular flexibility index (Phi) is 4.84. The van der Waals surface area contributed by atoms with E-state index in [2.05, 4.69) is 9.97 Å².